The van der Waals surface area contributed by atoms with Crippen LogP contribution in [0.2, 0.25) is 0 Å². The lowest BCUT2D eigenvalue weighted by atomic mass is 9.86. The molecule has 1 N–H and O–H groups in total. The predicted octanol–water partition coefficient (Wildman–Crippen LogP) is 3.49. The van der Waals surface area contributed by atoms with Crippen molar-refractivity contribution in [2.45, 2.75) is 31.7 Å². The van der Waals surface area contributed by atoms with Gasteiger partial charge in [-0.05, 0) is 30.5 Å². The Bertz CT molecular complexity index is 768. The van der Waals surface area contributed by atoms with Crippen molar-refractivity contribution < 1.29 is 13.2 Å². The van der Waals surface area contributed by atoms with E-state index in [1.165, 1.54) is 0 Å². The zero-order valence-electron chi connectivity index (χ0n) is 14.1. The van der Waals surface area contributed by atoms with Crippen LogP contribution >= 0.6 is 0 Å². The van der Waals surface area contributed by atoms with Crippen molar-refractivity contribution in [2.24, 2.45) is 11.8 Å². The summed E-state index contributed by atoms with van der Waals surface area (Å²) in [4.78, 5) is 11.8. The molecule has 0 heterocycles. The molecule has 0 aliphatic heterocycles. The summed E-state index contributed by atoms with van der Waals surface area (Å²) >= 11 is 0. The highest BCUT2D eigenvalue weighted by atomic mass is 32.2. The summed E-state index contributed by atoms with van der Waals surface area (Å²) < 4.78 is 28.2. The second-order valence-corrected chi connectivity index (χ2v) is 7.99. The number of sulfonamides is 1. The van der Waals surface area contributed by atoms with Crippen molar-refractivity contribution in [3.05, 3.63) is 65.7 Å². The molecule has 0 aromatic heterocycles. The van der Waals surface area contributed by atoms with Crippen LogP contribution in [0.15, 0.2) is 59.5 Å². The number of carbonyl (C=O) groups is 1. The molecule has 2 aromatic rings. The van der Waals surface area contributed by atoms with E-state index in [1.807, 2.05) is 51.1 Å². The van der Waals surface area contributed by atoms with Crippen LogP contribution in [0.3, 0.4) is 0 Å². The third-order valence-electron chi connectivity index (χ3n) is 4.08. The number of rotatable bonds is 7. The highest BCUT2D eigenvalue weighted by molar-refractivity contribution is 7.89. The van der Waals surface area contributed by atoms with Gasteiger partial charge in [0.2, 0.25) is 10.0 Å². The summed E-state index contributed by atoms with van der Waals surface area (Å²) in [6.45, 7) is 5.72. The highest BCUT2D eigenvalue weighted by Crippen LogP contribution is 2.28. The minimum Gasteiger partial charge on any atom is -0.303 e. The number of benzene rings is 2. The van der Waals surface area contributed by atoms with Gasteiger partial charge in [-0.1, -0.05) is 61.9 Å². The molecule has 2 atom stereocenters. The summed E-state index contributed by atoms with van der Waals surface area (Å²) in [7, 11) is -3.72. The van der Waals surface area contributed by atoms with Crippen molar-refractivity contribution in [2.75, 3.05) is 0 Å². The average Bonchev–Trinajstić information content (AvgIpc) is 2.55. The summed E-state index contributed by atoms with van der Waals surface area (Å²) in [5.41, 5.74) is 1.76. The Balaban J connectivity index is 2.41. The van der Waals surface area contributed by atoms with Gasteiger partial charge in [0.05, 0.1) is 10.9 Å². The Hall–Kier alpha value is -1.98. The molecule has 24 heavy (non-hydrogen) atoms. The van der Waals surface area contributed by atoms with E-state index >= 15 is 0 Å². The van der Waals surface area contributed by atoms with E-state index < -0.39 is 22.0 Å². The summed E-state index contributed by atoms with van der Waals surface area (Å²) in [5.74, 6) is -0.443. The van der Waals surface area contributed by atoms with Crippen LogP contribution in [-0.2, 0) is 14.8 Å². The Morgan fingerprint density at radius 2 is 1.54 bits per heavy atom. The maximum absolute atomic E-state index is 12.7. The van der Waals surface area contributed by atoms with Crippen molar-refractivity contribution in [1.82, 2.24) is 4.72 Å². The lowest BCUT2D eigenvalue weighted by molar-refractivity contribution is -0.113. The second-order valence-electron chi connectivity index (χ2n) is 6.28. The van der Waals surface area contributed by atoms with E-state index in [-0.39, 0.29) is 10.8 Å². The zero-order chi connectivity index (χ0) is 17.7. The Kier molecular flexibility index (Phi) is 5.91. The van der Waals surface area contributed by atoms with Gasteiger partial charge in [-0.2, -0.15) is 0 Å². The fourth-order valence-corrected chi connectivity index (χ4v) is 3.86. The predicted molar refractivity (Wildman–Crippen MR) is 95.1 cm³/mol. The first-order chi connectivity index (χ1) is 11.3. The summed E-state index contributed by atoms with van der Waals surface area (Å²) in [6.07, 6.45) is 0.833. The Morgan fingerprint density at radius 1 is 0.958 bits per heavy atom. The second kappa shape index (κ2) is 7.73. The first-order valence-corrected chi connectivity index (χ1v) is 9.42. The van der Waals surface area contributed by atoms with Gasteiger partial charge in [0.25, 0.3) is 0 Å². The van der Waals surface area contributed by atoms with E-state index in [4.69, 9.17) is 0 Å². The van der Waals surface area contributed by atoms with E-state index in [0.717, 1.165) is 17.4 Å². The van der Waals surface area contributed by atoms with Gasteiger partial charge in [0, 0.05) is 5.92 Å². The van der Waals surface area contributed by atoms with E-state index in [9.17, 15) is 13.2 Å². The molecule has 0 bridgehead atoms. The number of carbonyl (C=O) groups excluding carboxylic acids is 1. The first kappa shape index (κ1) is 18.4. The lowest BCUT2D eigenvalue weighted by Crippen LogP contribution is -2.36. The molecule has 2 aromatic carbocycles. The molecular weight excluding hydrogens is 322 g/mol. The van der Waals surface area contributed by atoms with Crippen LogP contribution in [0.5, 0.6) is 0 Å². The van der Waals surface area contributed by atoms with Crippen LogP contribution in [0, 0.1) is 18.8 Å². The van der Waals surface area contributed by atoms with Crippen LogP contribution in [0.1, 0.15) is 31.0 Å². The van der Waals surface area contributed by atoms with Crippen molar-refractivity contribution in [3.63, 3.8) is 0 Å². The molecule has 0 aliphatic carbocycles. The summed E-state index contributed by atoms with van der Waals surface area (Å²) in [6, 6.07) is 15.3. The van der Waals surface area contributed by atoms with E-state index in [0.29, 0.717) is 0 Å². The Morgan fingerprint density at radius 3 is 2.04 bits per heavy atom. The molecule has 4 nitrogen and oxygen atoms in total. The van der Waals surface area contributed by atoms with Gasteiger partial charge < -0.3 is 4.79 Å². The van der Waals surface area contributed by atoms with E-state index in [1.54, 1.807) is 24.3 Å². The third-order valence-corrected chi connectivity index (χ3v) is 5.54. The quantitative estimate of drug-likeness (QED) is 0.781. The minimum atomic E-state index is -3.72. The van der Waals surface area contributed by atoms with Gasteiger partial charge in [0.1, 0.15) is 6.29 Å². The number of hydrogen-bond acceptors (Lipinski definition) is 3. The zero-order valence-corrected chi connectivity index (χ0v) is 15.0. The largest absolute Gasteiger partial charge is 0.303 e. The number of aryl methyl sites for hydroxylation is 1. The fraction of sp³-hybridized carbons (Fsp3) is 0.316. The SMILES string of the molecule is Cc1ccc(S(=O)(=O)N[C@H](c2ccccc2)[C@@H](C=O)C(C)C)cc1. The number of hydrogen-bond donors (Lipinski definition) is 1. The van der Waals surface area contributed by atoms with Crippen LogP contribution in [-0.4, -0.2) is 14.7 Å². The molecule has 0 spiro atoms. The van der Waals surface area contributed by atoms with Crippen LogP contribution in [0.25, 0.3) is 0 Å². The molecule has 0 amide bonds. The van der Waals surface area contributed by atoms with Gasteiger partial charge >= 0.3 is 0 Å². The Labute approximate surface area is 144 Å². The smallest absolute Gasteiger partial charge is 0.241 e. The topological polar surface area (TPSA) is 63.2 Å². The maximum atomic E-state index is 12.7. The number of nitrogens with one attached hydrogen (secondary N) is 1. The standard InChI is InChI=1S/C19H23NO3S/c1-14(2)18(13-21)19(16-7-5-4-6-8-16)20-24(22,23)17-11-9-15(3)10-12-17/h4-14,18-20H,1-3H3/t18-,19+/m0/s1. The van der Waals surface area contributed by atoms with Crippen molar-refractivity contribution in [1.29, 1.82) is 0 Å². The molecule has 0 radical (unpaired) electrons. The molecule has 0 saturated carbocycles. The van der Waals surface area contributed by atoms with Gasteiger partial charge in [-0.25, -0.2) is 13.1 Å². The van der Waals surface area contributed by atoms with Crippen LogP contribution < -0.4 is 4.72 Å². The van der Waals surface area contributed by atoms with Gasteiger partial charge in [0.15, 0.2) is 0 Å². The molecule has 5 heteroatoms. The van der Waals surface area contributed by atoms with Crippen molar-refractivity contribution >= 4 is 16.3 Å². The molecule has 0 unspecified atom stereocenters. The minimum absolute atomic E-state index is 0.00780. The molecule has 2 rings (SSSR count). The highest BCUT2D eigenvalue weighted by Gasteiger charge is 2.30. The molecule has 0 fully saturated rings. The van der Waals surface area contributed by atoms with Gasteiger partial charge in [-0.3, -0.25) is 0 Å². The molecular formula is C19H23NO3S. The van der Waals surface area contributed by atoms with Crippen LogP contribution in [0.4, 0.5) is 0 Å². The molecule has 128 valence electrons. The van der Waals surface area contributed by atoms with Crippen molar-refractivity contribution in [3.8, 4) is 0 Å². The maximum Gasteiger partial charge on any atom is 0.241 e. The normalized spacial score (nSPS) is 14.3. The van der Waals surface area contributed by atoms with E-state index in [2.05, 4.69) is 4.72 Å². The average molecular weight is 345 g/mol. The first-order valence-electron chi connectivity index (χ1n) is 7.94. The third kappa shape index (κ3) is 4.30. The molecule has 0 aliphatic rings. The summed E-state index contributed by atoms with van der Waals surface area (Å²) in [5, 5.41) is 0. The van der Waals surface area contributed by atoms with Gasteiger partial charge in [-0.15, -0.1) is 0 Å². The fourth-order valence-electron chi connectivity index (χ4n) is 2.60. The monoisotopic (exact) mass is 345 g/mol. The lowest BCUT2D eigenvalue weighted by Gasteiger charge is -2.27. The number of aldehydes is 1. The molecule has 0 saturated heterocycles.